The second-order valence-corrected chi connectivity index (χ2v) is 9.14. The topological polar surface area (TPSA) is 97.1 Å². The number of rotatable bonds is 11. The predicted molar refractivity (Wildman–Crippen MR) is 139 cm³/mol. The third kappa shape index (κ3) is 7.97. The molecule has 35 heavy (non-hydrogen) atoms. The molecule has 0 spiro atoms. The Morgan fingerprint density at radius 2 is 1.80 bits per heavy atom. The minimum Gasteiger partial charge on any atom is -0.491 e. The molecule has 0 aliphatic carbocycles. The number of ether oxygens (including phenoxy) is 2. The van der Waals surface area contributed by atoms with Gasteiger partial charge in [-0.2, -0.15) is 0 Å². The first-order chi connectivity index (χ1) is 16.9. The SMILES string of the molecule is COCc1cc(C(=O)Nc2ccc(C)cc2OCCCCCC(=O)N2CCN(C)CC2)ccc1N. The molecule has 2 aromatic rings. The van der Waals surface area contributed by atoms with Crippen LogP contribution in [0.3, 0.4) is 0 Å². The first-order valence-corrected chi connectivity index (χ1v) is 12.3. The number of unbranched alkanes of at least 4 members (excludes halogenated alkanes) is 2. The minimum absolute atomic E-state index is 0.238. The minimum atomic E-state index is -0.238. The summed E-state index contributed by atoms with van der Waals surface area (Å²) in [5.41, 5.74) is 9.49. The number of methoxy groups -OCH3 is 1. The average Bonchev–Trinajstić information content (AvgIpc) is 2.84. The van der Waals surface area contributed by atoms with Crippen molar-refractivity contribution in [1.29, 1.82) is 0 Å². The number of aryl methyl sites for hydroxylation is 1. The Labute approximate surface area is 208 Å². The average molecular weight is 483 g/mol. The highest BCUT2D eigenvalue weighted by molar-refractivity contribution is 6.05. The van der Waals surface area contributed by atoms with Crippen molar-refractivity contribution in [3.05, 3.63) is 53.1 Å². The van der Waals surface area contributed by atoms with Crippen molar-refractivity contribution < 1.29 is 19.1 Å². The quantitative estimate of drug-likeness (QED) is 0.375. The molecule has 2 amide bonds. The van der Waals surface area contributed by atoms with Crippen LogP contribution in [0.2, 0.25) is 0 Å². The molecule has 1 fully saturated rings. The van der Waals surface area contributed by atoms with Gasteiger partial charge in [-0.3, -0.25) is 9.59 Å². The van der Waals surface area contributed by atoms with Crippen molar-refractivity contribution in [2.45, 2.75) is 39.2 Å². The van der Waals surface area contributed by atoms with Gasteiger partial charge in [0.2, 0.25) is 5.91 Å². The molecule has 1 heterocycles. The third-order valence-electron chi connectivity index (χ3n) is 6.24. The van der Waals surface area contributed by atoms with Gasteiger partial charge in [-0.05, 0) is 69.1 Å². The van der Waals surface area contributed by atoms with Crippen molar-refractivity contribution in [2.75, 3.05) is 58.0 Å². The molecular formula is C27H38N4O4. The van der Waals surface area contributed by atoms with Crippen LogP contribution >= 0.6 is 0 Å². The number of benzene rings is 2. The maximum atomic E-state index is 12.9. The molecule has 3 rings (SSSR count). The van der Waals surface area contributed by atoms with Gasteiger partial charge in [0, 0.05) is 56.5 Å². The van der Waals surface area contributed by atoms with Crippen molar-refractivity contribution in [3.63, 3.8) is 0 Å². The Bertz CT molecular complexity index is 1000. The van der Waals surface area contributed by atoms with Crippen LogP contribution < -0.4 is 15.8 Å². The molecule has 3 N–H and O–H groups in total. The molecule has 1 saturated heterocycles. The monoisotopic (exact) mass is 482 g/mol. The van der Waals surface area contributed by atoms with E-state index in [-0.39, 0.29) is 11.8 Å². The van der Waals surface area contributed by atoms with E-state index in [0.29, 0.717) is 42.3 Å². The van der Waals surface area contributed by atoms with Crippen molar-refractivity contribution in [1.82, 2.24) is 9.80 Å². The van der Waals surface area contributed by atoms with E-state index >= 15 is 0 Å². The number of piperazine rings is 1. The summed E-state index contributed by atoms with van der Waals surface area (Å²) >= 11 is 0. The lowest BCUT2D eigenvalue weighted by Crippen LogP contribution is -2.47. The Hall–Kier alpha value is -3.10. The first kappa shape index (κ1) is 26.5. The summed E-state index contributed by atoms with van der Waals surface area (Å²) in [4.78, 5) is 29.4. The zero-order valence-electron chi connectivity index (χ0n) is 21.1. The number of hydrogen-bond donors (Lipinski definition) is 2. The van der Waals surface area contributed by atoms with Gasteiger partial charge in [-0.15, -0.1) is 0 Å². The summed E-state index contributed by atoms with van der Waals surface area (Å²) in [7, 11) is 3.68. The normalized spacial score (nSPS) is 14.1. The van der Waals surface area contributed by atoms with Gasteiger partial charge in [0.1, 0.15) is 5.75 Å². The molecular weight excluding hydrogens is 444 g/mol. The second kappa shape index (κ2) is 13.1. The zero-order valence-corrected chi connectivity index (χ0v) is 21.1. The van der Waals surface area contributed by atoms with Crippen LogP contribution in [0.5, 0.6) is 5.75 Å². The number of carbonyl (C=O) groups is 2. The maximum Gasteiger partial charge on any atom is 0.255 e. The number of nitrogens with two attached hydrogens (primary N) is 1. The highest BCUT2D eigenvalue weighted by Gasteiger charge is 2.18. The van der Waals surface area contributed by atoms with Crippen LogP contribution in [0.1, 0.15) is 47.2 Å². The molecule has 0 saturated carbocycles. The molecule has 1 aliphatic rings. The van der Waals surface area contributed by atoms with E-state index in [9.17, 15) is 9.59 Å². The number of nitrogens with one attached hydrogen (secondary N) is 1. The maximum absolute atomic E-state index is 12.9. The van der Waals surface area contributed by atoms with Gasteiger partial charge in [-0.1, -0.05) is 6.07 Å². The Balaban J connectivity index is 1.47. The number of nitrogens with zero attached hydrogens (tertiary/aromatic N) is 2. The lowest BCUT2D eigenvalue weighted by molar-refractivity contribution is -0.132. The van der Waals surface area contributed by atoms with Crippen LogP contribution in [-0.4, -0.2) is 68.6 Å². The lowest BCUT2D eigenvalue weighted by Gasteiger charge is -2.32. The van der Waals surface area contributed by atoms with E-state index in [0.717, 1.165) is 56.6 Å². The highest BCUT2D eigenvalue weighted by Crippen LogP contribution is 2.27. The van der Waals surface area contributed by atoms with Crippen LogP contribution in [0, 0.1) is 6.92 Å². The number of hydrogen-bond acceptors (Lipinski definition) is 6. The first-order valence-electron chi connectivity index (χ1n) is 12.3. The Morgan fingerprint density at radius 3 is 2.54 bits per heavy atom. The fourth-order valence-electron chi connectivity index (χ4n) is 4.03. The second-order valence-electron chi connectivity index (χ2n) is 9.14. The van der Waals surface area contributed by atoms with Crippen LogP contribution in [0.4, 0.5) is 11.4 Å². The van der Waals surface area contributed by atoms with Gasteiger partial charge in [0.05, 0.1) is 18.9 Å². The summed E-state index contributed by atoms with van der Waals surface area (Å²) in [6.07, 6.45) is 3.20. The smallest absolute Gasteiger partial charge is 0.255 e. The molecule has 8 heteroatoms. The molecule has 8 nitrogen and oxygen atoms in total. The summed E-state index contributed by atoms with van der Waals surface area (Å²) in [6, 6.07) is 10.9. The fourth-order valence-corrected chi connectivity index (χ4v) is 4.03. The molecule has 0 bridgehead atoms. The Morgan fingerprint density at radius 1 is 1.03 bits per heavy atom. The van der Waals surface area contributed by atoms with E-state index in [2.05, 4.69) is 17.3 Å². The van der Waals surface area contributed by atoms with Crippen molar-refractivity contribution in [2.24, 2.45) is 0 Å². The molecule has 1 aliphatic heterocycles. The number of amides is 2. The van der Waals surface area contributed by atoms with Crippen LogP contribution in [0.25, 0.3) is 0 Å². The standard InChI is InChI=1S/C27H38N4O4/c1-20-8-11-24(29-27(33)21-9-10-23(28)22(18-21)19-34-3)25(17-20)35-16-6-4-5-7-26(32)31-14-12-30(2)13-15-31/h8-11,17-18H,4-7,12-16,19,28H2,1-3H3,(H,29,33). The number of anilines is 2. The molecule has 0 aromatic heterocycles. The van der Waals surface area contributed by atoms with Crippen LogP contribution in [0.15, 0.2) is 36.4 Å². The summed E-state index contributed by atoms with van der Waals surface area (Å²) in [5.74, 6) is 0.650. The zero-order chi connectivity index (χ0) is 25.2. The third-order valence-corrected chi connectivity index (χ3v) is 6.24. The van der Waals surface area contributed by atoms with E-state index in [1.54, 1.807) is 25.3 Å². The van der Waals surface area contributed by atoms with Gasteiger partial charge in [0.15, 0.2) is 0 Å². The van der Waals surface area contributed by atoms with E-state index in [1.165, 1.54) is 0 Å². The summed E-state index contributed by atoms with van der Waals surface area (Å²) < 4.78 is 11.2. The van der Waals surface area contributed by atoms with Gasteiger partial charge >= 0.3 is 0 Å². The lowest BCUT2D eigenvalue weighted by atomic mass is 10.1. The van der Waals surface area contributed by atoms with Gasteiger partial charge in [0.25, 0.3) is 5.91 Å². The highest BCUT2D eigenvalue weighted by atomic mass is 16.5. The summed E-state index contributed by atoms with van der Waals surface area (Å²) in [5, 5.41) is 2.95. The fraction of sp³-hybridized carbons (Fsp3) is 0.481. The van der Waals surface area contributed by atoms with E-state index in [4.69, 9.17) is 15.2 Å². The number of nitrogen functional groups attached to an aromatic ring is 1. The molecule has 0 radical (unpaired) electrons. The largest absolute Gasteiger partial charge is 0.491 e. The van der Waals surface area contributed by atoms with E-state index < -0.39 is 0 Å². The molecule has 2 aromatic carbocycles. The molecule has 0 atom stereocenters. The number of carbonyl (C=O) groups excluding carboxylic acids is 2. The molecule has 0 unspecified atom stereocenters. The van der Waals surface area contributed by atoms with Crippen molar-refractivity contribution >= 4 is 23.2 Å². The molecule has 190 valence electrons. The van der Waals surface area contributed by atoms with E-state index in [1.807, 2.05) is 30.0 Å². The van der Waals surface area contributed by atoms with Crippen LogP contribution in [-0.2, 0) is 16.1 Å². The predicted octanol–water partition coefficient (Wildman–Crippen LogP) is 3.69. The summed E-state index contributed by atoms with van der Waals surface area (Å²) in [6.45, 7) is 6.39. The Kier molecular flexibility index (Phi) is 9.93. The van der Waals surface area contributed by atoms with Gasteiger partial charge < -0.3 is 30.3 Å². The number of likely N-dealkylation sites (N-methyl/N-ethyl adjacent to an activating group) is 1. The van der Waals surface area contributed by atoms with Gasteiger partial charge in [-0.25, -0.2) is 0 Å². The van der Waals surface area contributed by atoms with Crippen molar-refractivity contribution in [3.8, 4) is 5.75 Å².